The van der Waals surface area contributed by atoms with Gasteiger partial charge < -0.3 is 5.11 Å². The molecule has 1 N–H and O–H groups in total. The third-order valence-electron chi connectivity index (χ3n) is 7.32. The summed E-state index contributed by atoms with van der Waals surface area (Å²) in [6.45, 7) is 3.56. The number of rotatable bonds is 1. The van der Waals surface area contributed by atoms with Gasteiger partial charge in [0.25, 0.3) is 11.8 Å². The normalized spacial score (nSPS) is 30.7. The van der Waals surface area contributed by atoms with Crippen molar-refractivity contribution in [2.45, 2.75) is 48.5 Å². The molecule has 11 heteroatoms. The van der Waals surface area contributed by atoms with Gasteiger partial charge in [0.2, 0.25) is 0 Å². The molecule has 0 bridgehead atoms. The Kier molecular flexibility index (Phi) is 4.43. The van der Waals surface area contributed by atoms with Crippen LogP contribution in [-0.2, 0) is 23.2 Å². The number of likely N-dealkylation sites (tertiary alicyclic amines) is 1. The van der Waals surface area contributed by atoms with Gasteiger partial charge in [-0.25, -0.2) is 23.5 Å². The van der Waals surface area contributed by atoms with Crippen LogP contribution >= 0.6 is 23.2 Å². The molecular formula is C22H22Cl2N4O5. The average molecular weight is 493 g/mol. The molecule has 5 rings (SSSR count). The molecule has 0 radical (unpaired) electrons. The Hall–Kier alpha value is -2.78. The van der Waals surface area contributed by atoms with Gasteiger partial charge in [0.1, 0.15) is 5.75 Å². The van der Waals surface area contributed by atoms with Gasteiger partial charge in [-0.2, -0.15) is 0 Å². The van der Waals surface area contributed by atoms with Crippen molar-refractivity contribution in [3.63, 3.8) is 0 Å². The summed E-state index contributed by atoms with van der Waals surface area (Å²) in [5, 5.41) is 10.3. The molecule has 1 saturated heterocycles. The fourth-order valence-corrected chi connectivity index (χ4v) is 6.64. The molecule has 2 fully saturated rings. The van der Waals surface area contributed by atoms with Crippen LogP contribution in [0.25, 0.3) is 0 Å². The summed E-state index contributed by atoms with van der Waals surface area (Å²) in [5.74, 6) is -2.03. The second-order valence-electron chi connectivity index (χ2n) is 9.09. The summed E-state index contributed by atoms with van der Waals surface area (Å²) in [7, 11) is 2.72. The predicted molar refractivity (Wildman–Crippen MR) is 121 cm³/mol. The van der Waals surface area contributed by atoms with Crippen molar-refractivity contribution in [2.75, 3.05) is 7.05 Å². The lowest BCUT2D eigenvalue weighted by Gasteiger charge is -2.49. The zero-order chi connectivity index (χ0) is 24.2. The highest BCUT2D eigenvalue weighted by molar-refractivity contribution is 6.53. The number of alkyl halides is 2. The predicted octanol–water partition coefficient (Wildman–Crippen LogP) is 1.29. The van der Waals surface area contributed by atoms with Gasteiger partial charge in [-0.15, -0.1) is 23.2 Å². The van der Waals surface area contributed by atoms with Crippen molar-refractivity contribution in [3.05, 3.63) is 61.4 Å². The number of benzene rings is 1. The second-order valence-corrected chi connectivity index (χ2v) is 10.3. The monoisotopic (exact) mass is 492 g/mol. The van der Waals surface area contributed by atoms with Crippen LogP contribution in [-0.4, -0.2) is 52.5 Å². The Bertz CT molecular complexity index is 1400. The first kappa shape index (κ1) is 22.0. The van der Waals surface area contributed by atoms with E-state index in [1.54, 1.807) is 32.1 Å². The van der Waals surface area contributed by atoms with Crippen LogP contribution < -0.4 is 11.4 Å². The van der Waals surface area contributed by atoms with Crippen LogP contribution in [0.4, 0.5) is 0 Å². The zero-order valence-electron chi connectivity index (χ0n) is 18.4. The van der Waals surface area contributed by atoms with Crippen molar-refractivity contribution >= 4 is 35.0 Å². The molecule has 0 unspecified atom stereocenters. The maximum Gasteiger partial charge on any atom is 0.347 e. The van der Waals surface area contributed by atoms with E-state index in [9.17, 15) is 24.3 Å². The number of halogens is 2. The number of hydrogen-bond donors (Lipinski definition) is 1. The van der Waals surface area contributed by atoms with Crippen LogP contribution in [0.15, 0.2) is 33.4 Å². The minimum Gasteiger partial charge on any atom is -0.507 e. The van der Waals surface area contributed by atoms with Crippen LogP contribution in [0, 0.1) is 13.8 Å². The number of imide groups is 1. The quantitative estimate of drug-likeness (QED) is 0.366. The molecule has 0 spiro atoms. The number of aromatic nitrogens is 3. The first-order valence-electron chi connectivity index (χ1n) is 10.4. The molecule has 174 valence electrons. The number of aryl methyl sites for hydroxylation is 2. The maximum atomic E-state index is 13.4. The summed E-state index contributed by atoms with van der Waals surface area (Å²) in [6.07, 6.45) is 1.65. The maximum absolute atomic E-state index is 13.4. The third-order valence-corrected chi connectivity index (χ3v) is 8.73. The van der Waals surface area contributed by atoms with Crippen molar-refractivity contribution in [1.82, 2.24) is 18.8 Å². The van der Waals surface area contributed by atoms with E-state index in [1.165, 1.54) is 23.5 Å². The zero-order valence-corrected chi connectivity index (χ0v) is 19.9. The number of fused-ring (bicyclic) bond motifs is 4. The summed E-state index contributed by atoms with van der Waals surface area (Å²) in [4.78, 5) is 49.5. The molecular weight excluding hydrogens is 471 g/mol. The molecule has 3 heterocycles. The molecule has 2 aliphatic heterocycles. The summed E-state index contributed by atoms with van der Waals surface area (Å²) in [6, 6.07) is 2.67. The molecule has 33 heavy (non-hydrogen) atoms. The Morgan fingerprint density at radius 2 is 1.61 bits per heavy atom. The van der Waals surface area contributed by atoms with Crippen LogP contribution in [0.5, 0.6) is 5.75 Å². The first-order chi connectivity index (χ1) is 15.4. The Morgan fingerprint density at radius 1 is 1.00 bits per heavy atom. The largest absolute Gasteiger partial charge is 0.507 e. The highest BCUT2D eigenvalue weighted by Gasteiger charge is 2.74. The topological polar surface area (TPSA) is 107 Å². The first-order valence-corrected chi connectivity index (χ1v) is 11.2. The van der Waals surface area contributed by atoms with E-state index in [-0.39, 0.29) is 18.7 Å². The summed E-state index contributed by atoms with van der Waals surface area (Å²) in [5.41, 5.74) is 1.34. The Morgan fingerprint density at radius 3 is 2.21 bits per heavy atom. The van der Waals surface area contributed by atoms with Crippen molar-refractivity contribution in [3.8, 4) is 5.75 Å². The number of carbonyl (C=O) groups is 2. The molecule has 9 nitrogen and oxygen atoms in total. The van der Waals surface area contributed by atoms with Gasteiger partial charge in [-0.05, 0) is 36.1 Å². The van der Waals surface area contributed by atoms with E-state index >= 15 is 0 Å². The third kappa shape index (κ3) is 2.44. The van der Waals surface area contributed by atoms with Crippen molar-refractivity contribution in [1.29, 1.82) is 0 Å². The van der Waals surface area contributed by atoms with Gasteiger partial charge in [0, 0.05) is 26.4 Å². The van der Waals surface area contributed by atoms with Crippen molar-refractivity contribution < 1.29 is 14.7 Å². The highest BCUT2D eigenvalue weighted by Crippen LogP contribution is 2.63. The van der Waals surface area contributed by atoms with Gasteiger partial charge >= 0.3 is 11.4 Å². The van der Waals surface area contributed by atoms with E-state index < -0.39 is 44.9 Å². The molecule has 2 amide bonds. The van der Waals surface area contributed by atoms with Gasteiger partial charge in [0.15, 0.2) is 9.75 Å². The number of phenols is 1. The number of phenolic OH excluding ortho intramolecular Hbond substituents is 1. The molecule has 4 atom stereocenters. The number of allylic oxidation sites excluding steroid dienone is 2. The number of carbonyl (C=O) groups excluding carboxylic acids is 2. The minimum absolute atomic E-state index is 0.105. The molecule has 1 aromatic heterocycles. The van der Waals surface area contributed by atoms with Crippen LogP contribution in [0.1, 0.15) is 35.1 Å². The number of hydrogen-bond acceptors (Lipinski definition) is 5. The van der Waals surface area contributed by atoms with Gasteiger partial charge in [0.05, 0.1) is 12.6 Å². The van der Waals surface area contributed by atoms with Gasteiger partial charge in [-0.1, -0.05) is 18.2 Å². The lowest BCUT2D eigenvalue weighted by Crippen LogP contribution is -2.59. The standard InChI is InChI=1S/C22H22Cl2N4O5/c1-10-7-12(8-11(2)16(10)29)15-13-5-6-27-19(32)26(4)20(33)28(27)14(13)9-21(23)17(30)25(3)18(31)22(15,21)24/h5,7-8,14-15,29H,6,9H2,1-4H3/t14-,15+,21-,22+/m1/s1. The lowest BCUT2D eigenvalue weighted by molar-refractivity contribution is -0.137. The van der Waals surface area contributed by atoms with Crippen molar-refractivity contribution in [2.24, 2.45) is 7.05 Å². The summed E-state index contributed by atoms with van der Waals surface area (Å²) < 4.78 is 3.60. The van der Waals surface area contributed by atoms with E-state index in [0.29, 0.717) is 22.3 Å². The molecule has 1 saturated carbocycles. The fourth-order valence-electron chi connectivity index (χ4n) is 5.64. The second kappa shape index (κ2) is 6.64. The Labute approximate surface area is 198 Å². The minimum atomic E-state index is -1.85. The van der Waals surface area contributed by atoms with E-state index in [1.807, 2.05) is 0 Å². The van der Waals surface area contributed by atoms with Gasteiger partial charge in [-0.3, -0.25) is 14.5 Å². The molecule has 3 aliphatic rings. The highest BCUT2D eigenvalue weighted by atomic mass is 35.5. The molecule has 1 aromatic carbocycles. The number of amides is 2. The lowest BCUT2D eigenvalue weighted by atomic mass is 9.64. The number of aromatic hydroxyl groups is 1. The number of nitrogens with zero attached hydrogens (tertiary/aromatic N) is 4. The van der Waals surface area contributed by atoms with E-state index in [0.717, 1.165) is 9.47 Å². The van der Waals surface area contributed by atoms with Crippen LogP contribution in [0.3, 0.4) is 0 Å². The molecule has 1 aliphatic carbocycles. The van der Waals surface area contributed by atoms with E-state index in [2.05, 4.69) is 0 Å². The average Bonchev–Trinajstić information content (AvgIpc) is 3.06. The fraction of sp³-hybridized carbons (Fsp3) is 0.455. The smallest absolute Gasteiger partial charge is 0.347 e. The van der Waals surface area contributed by atoms with Crippen LogP contribution in [0.2, 0.25) is 0 Å². The van der Waals surface area contributed by atoms with E-state index in [4.69, 9.17) is 23.2 Å². The molecule has 2 aromatic rings. The SMILES string of the molecule is Cc1cc([C@H]2C3=CCn4c(=O)n(C)c(=O)n4[C@@H]3C[C@@]3(Cl)C(=O)N(C)C(=O)[C@@]23Cl)cc(C)c1O. The summed E-state index contributed by atoms with van der Waals surface area (Å²) >= 11 is 14.1. The Balaban J connectivity index is 1.84.